The van der Waals surface area contributed by atoms with Gasteiger partial charge in [-0.05, 0) is 60.7 Å². The number of hydrogen-bond acceptors (Lipinski definition) is 6. The van der Waals surface area contributed by atoms with E-state index in [2.05, 4.69) is 9.71 Å². The molecule has 36 heavy (non-hydrogen) atoms. The fourth-order valence-electron chi connectivity index (χ4n) is 3.77. The second-order valence-electron chi connectivity index (χ2n) is 7.84. The standard InChI is InChI=1S/C26H19N3O5S2/c30-26(19-9-3-1-4-10-19)29(21-11-5-2-6-12-21)36(33,34)22-17-15-20(16-18-22)27-25-23-13-7-8-14-24(23)35(31,32)28-25/h1-18H,(H,27,28). The lowest BCUT2D eigenvalue weighted by Gasteiger charge is -2.23. The molecule has 0 spiro atoms. The number of rotatable bonds is 5. The zero-order valence-electron chi connectivity index (χ0n) is 18.6. The number of carbonyl (C=O) groups is 1. The molecule has 0 radical (unpaired) electrons. The molecule has 0 unspecified atom stereocenters. The van der Waals surface area contributed by atoms with E-state index in [1.165, 1.54) is 30.3 Å². The van der Waals surface area contributed by atoms with Gasteiger partial charge in [0.2, 0.25) is 0 Å². The van der Waals surface area contributed by atoms with Gasteiger partial charge in [-0.2, -0.15) is 12.7 Å². The van der Waals surface area contributed by atoms with Crippen molar-refractivity contribution >= 4 is 43.2 Å². The maximum absolute atomic E-state index is 13.6. The normalized spacial score (nSPS) is 13.9. The van der Waals surface area contributed by atoms with Crippen LogP contribution in [0.5, 0.6) is 0 Å². The Bertz CT molecular complexity index is 1690. The minimum Gasteiger partial charge on any atom is -0.339 e. The van der Waals surface area contributed by atoms with Crippen LogP contribution in [0.4, 0.5) is 11.4 Å². The summed E-state index contributed by atoms with van der Waals surface area (Å²) in [6.45, 7) is 0. The lowest BCUT2D eigenvalue weighted by molar-refractivity contribution is 0.101. The van der Waals surface area contributed by atoms with Gasteiger partial charge in [-0.3, -0.25) is 4.79 Å². The zero-order valence-corrected chi connectivity index (χ0v) is 20.3. The Morgan fingerprint density at radius 2 is 1.33 bits per heavy atom. The molecule has 0 saturated heterocycles. The van der Waals surface area contributed by atoms with E-state index < -0.39 is 26.0 Å². The van der Waals surface area contributed by atoms with Crippen LogP contribution < -0.4 is 9.62 Å². The lowest BCUT2D eigenvalue weighted by Crippen LogP contribution is -2.37. The number of nitrogens with one attached hydrogen (secondary N) is 1. The van der Waals surface area contributed by atoms with Crippen LogP contribution in [-0.2, 0) is 20.0 Å². The van der Waals surface area contributed by atoms with E-state index in [4.69, 9.17) is 0 Å². The topological polar surface area (TPSA) is 113 Å². The SMILES string of the molecule is O=C(c1ccccc1)N(c1ccccc1)S(=O)(=O)c1ccc(NC2=NS(=O)(=O)c3ccccc32)cc1. The molecule has 0 saturated carbocycles. The summed E-state index contributed by atoms with van der Waals surface area (Å²) in [6.07, 6.45) is 0. The number of nitrogens with zero attached hydrogens (tertiary/aromatic N) is 2. The van der Waals surface area contributed by atoms with Crippen LogP contribution in [0, 0.1) is 0 Å². The predicted molar refractivity (Wildman–Crippen MR) is 137 cm³/mol. The number of amidine groups is 1. The first kappa shape index (κ1) is 23.5. The van der Waals surface area contributed by atoms with Crippen molar-refractivity contribution in [2.45, 2.75) is 9.79 Å². The molecule has 180 valence electrons. The number of hydrogen-bond donors (Lipinski definition) is 1. The Morgan fingerprint density at radius 3 is 2.00 bits per heavy atom. The van der Waals surface area contributed by atoms with Crippen molar-refractivity contribution < 1.29 is 21.6 Å². The van der Waals surface area contributed by atoms with E-state index >= 15 is 0 Å². The highest BCUT2D eigenvalue weighted by Gasteiger charge is 2.32. The average molecular weight is 518 g/mol. The van der Waals surface area contributed by atoms with Gasteiger partial charge in [0.1, 0.15) is 4.90 Å². The monoisotopic (exact) mass is 517 g/mol. The Kier molecular flexibility index (Phi) is 5.91. The fraction of sp³-hybridized carbons (Fsp3) is 0. The fourth-order valence-corrected chi connectivity index (χ4v) is 6.36. The molecule has 0 fully saturated rings. The molecule has 5 rings (SSSR count). The molecule has 1 heterocycles. The zero-order chi connectivity index (χ0) is 25.3. The van der Waals surface area contributed by atoms with E-state index in [-0.39, 0.29) is 26.9 Å². The van der Waals surface area contributed by atoms with Gasteiger partial charge >= 0.3 is 0 Å². The highest BCUT2D eigenvalue weighted by Crippen LogP contribution is 2.29. The molecule has 0 aromatic heterocycles. The third-order valence-electron chi connectivity index (χ3n) is 5.48. The van der Waals surface area contributed by atoms with E-state index in [1.807, 2.05) is 0 Å². The van der Waals surface area contributed by atoms with E-state index in [0.717, 1.165) is 4.31 Å². The predicted octanol–water partition coefficient (Wildman–Crippen LogP) is 4.28. The van der Waals surface area contributed by atoms with Crippen molar-refractivity contribution in [2.75, 3.05) is 9.62 Å². The second-order valence-corrected chi connectivity index (χ2v) is 11.2. The van der Waals surface area contributed by atoms with Crippen LogP contribution in [0.3, 0.4) is 0 Å². The third kappa shape index (κ3) is 4.28. The number of amides is 1. The van der Waals surface area contributed by atoms with E-state index in [9.17, 15) is 21.6 Å². The van der Waals surface area contributed by atoms with Gasteiger partial charge in [0, 0.05) is 16.8 Å². The summed E-state index contributed by atoms with van der Waals surface area (Å²) < 4.78 is 56.4. The van der Waals surface area contributed by atoms with E-state index in [0.29, 0.717) is 11.3 Å². The summed E-state index contributed by atoms with van der Waals surface area (Å²) in [5, 5.41) is 2.94. The molecule has 1 aliphatic heterocycles. The highest BCUT2D eigenvalue weighted by molar-refractivity contribution is 7.93. The molecule has 4 aromatic carbocycles. The Hall–Kier alpha value is -4.28. The van der Waals surface area contributed by atoms with E-state index in [1.54, 1.807) is 78.9 Å². The van der Waals surface area contributed by atoms with Gasteiger partial charge in [-0.1, -0.05) is 48.5 Å². The van der Waals surface area contributed by atoms with Gasteiger partial charge in [0.15, 0.2) is 5.84 Å². The summed E-state index contributed by atoms with van der Waals surface area (Å²) in [4.78, 5) is 13.3. The Labute approximate surface area is 208 Å². The van der Waals surface area contributed by atoms with Crippen molar-refractivity contribution in [2.24, 2.45) is 4.40 Å². The maximum Gasteiger partial charge on any atom is 0.285 e. The molecule has 1 N–H and O–H groups in total. The van der Waals surface area contributed by atoms with Crippen LogP contribution in [0.15, 0.2) is 123 Å². The van der Waals surface area contributed by atoms with Gasteiger partial charge in [-0.25, -0.2) is 8.42 Å². The second kappa shape index (κ2) is 9.06. The quantitative estimate of drug-likeness (QED) is 0.423. The first-order valence-corrected chi connectivity index (χ1v) is 13.7. The molecule has 0 aliphatic carbocycles. The minimum absolute atomic E-state index is 0.102. The summed E-state index contributed by atoms with van der Waals surface area (Å²) in [7, 11) is -8.08. The van der Waals surface area contributed by atoms with Crippen molar-refractivity contribution in [1.82, 2.24) is 0 Å². The molecule has 1 amide bonds. The lowest BCUT2D eigenvalue weighted by atomic mass is 10.2. The van der Waals surface area contributed by atoms with Crippen LogP contribution >= 0.6 is 0 Å². The molecule has 0 atom stereocenters. The molecule has 1 aliphatic rings. The van der Waals surface area contributed by atoms with Crippen molar-refractivity contribution in [3.05, 3.63) is 120 Å². The molecule has 0 bridgehead atoms. The molecule has 10 heteroatoms. The minimum atomic E-state index is -4.28. The van der Waals surface area contributed by atoms with Crippen LogP contribution in [-0.4, -0.2) is 28.6 Å². The number of benzene rings is 4. The summed E-state index contributed by atoms with van der Waals surface area (Å²) in [5.74, 6) is -0.544. The van der Waals surface area contributed by atoms with Crippen molar-refractivity contribution in [3.63, 3.8) is 0 Å². The average Bonchev–Trinajstić information content (AvgIpc) is 3.15. The van der Waals surface area contributed by atoms with Crippen molar-refractivity contribution in [1.29, 1.82) is 0 Å². The number of anilines is 2. The first-order valence-electron chi connectivity index (χ1n) is 10.8. The smallest absolute Gasteiger partial charge is 0.285 e. The Morgan fingerprint density at radius 1 is 0.750 bits per heavy atom. The number of carbonyl (C=O) groups excluding carboxylic acids is 1. The first-order chi connectivity index (χ1) is 17.3. The van der Waals surface area contributed by atoms with Gasteiger partial charge < -0.3 is 5.32 Å². The number of fused-ring (bicyclic) bond motifs is 1. The summed E-state index contributed by atoms with van der Waals surface area (Å²) >= 11 is 0. The number of para-hydroxylation sites is 1. The molecular formula is C26H19N3O5S2. The third-order valence-corrected chi connectivity index (χ3v) is 8.54. The molecule has 4 aromatic rings. The largest absolute Gasteiger partial charge is 0.339 e. The van der Waals surface area contributed by atoms with Gasteiger partial charge in [-0.15, -0.1) is 4.40 Å². The summed E-state index contributed by atoms with van der Waals surface area (Å²) in [6, 6.07) is 28.4. The van der Waals surface area contributed by atoms with Gasteiger partial charge in [0.25, 0.3) is 26.0 Å². The highest BCUT2D eigenvalue weighted by atomic mass is 32.2. The van der Waals surface area contributed by atoms with Crippen molar-refractivity contribution in [3.8, 4) is 0 Å². The molecular weight excluding hydrogens is 498 g/mol. The van der Waals surface area contributed by atoms with Gasteiger partial charge in [0.05, 0.1) is 10.6 Å². The number of sulfonamides is 2. The van der Waals surface area contributed by atoms with Crippen LogP contribution in [0.25, 0.3) is 0 Å². The Balaban J connectivity index is 1.48. The van der Waals surface area contributed by atoms with Crippen LogP contribution in [0.2, 0.25) is 0 Å². The summed E-state index contributed by atoms with van der Waals surface area (Å²) in [5.41, 5.74) is 1.29. The molecule has 8 nitrogen and oxygen atoms in total. The van der Waals surface area contributed by atoms with Crippen LogP contribution in [0.1, 0.15) is 15.9 Å². The maximum atomic E-state index is 13.6.